The van der Waals surface area contributed by atoms with Crippen LogP contribution >= 0.6 is 0 Å². The SMILES string of the molecule is c1cncc(N2C[C@@H]3CCNC[C@@H]32)c1. The number of anilines is 1. The van der Waals surface area contributed by atoms with Crippen molar-refractivity contribution in [3.05, 3.63) is 24.5 Å². The van der Waals surface area contributed by atoms with E-state index in [9.17, 15) is 0 Å². The minimum absolute atomic E-state index is 0.716. The van der Waals surface area contributed by atoms with E-state index < -0.39 is 0 Å². The van der Waals surface area contributed by atoms with E-state index in [1.54, 1.807) is 0 Å². The van der Waals surface area contributed by atoms with Crippen LogP contribution in [0.5, 0.6) is 0 Å². The Morgan fingerprint density at radius 1 is 1.50 bits per heavy atom. The summed E-state index contributed by atoms with van der Waals surface area (Å²) in [7, 11) is 0. The van der Waals surface area contributed by atoms with Gasteiger partial charge in [-0.1, -0.05) is 0 Å². The summed E-state index contributed by atoms with van der Waals surface area (Å²) < 4.78 is 0. The number of pyridine rings is 1. The number of rotatable bonds is 1. The normalized spacial score (nSPS) is 30.7. The second kappa shape index (κ2) is 3.24. The third kappa shape index (κ3) is 1.20. The lowest BCUT2D eigenvalue weighted by Gasteiger charge is -2.52. The topological polar surface area (TPSA) is 28.2 Å². The molecular weight excluding hydrogens is 174 g/mol. The summed E-state index contributed by atoms with van der Waals surface area (Å²) in [6.07, 6.45) is 5.13. The summed E-state index contributed by atoms with van der Waals surface area (Å²) in [4.78, 5) is 6.63. The second-order valence-electron chi connectivity index (χ2n) is 4.18. The van der Waals surface area contributed by atoms with Crippen molar-refractivity contribution in [2.45, 2.75) is 12.5 Å². The summed E-state index contributed by atoms with van der Waals surface area (Å²) >= 11 is 0. The van der Waals surface area contributed by atoms with Crippen molar-refractivity contribution in [2.75, 3.05) is 24.5 Å². The van der Waals surface area contributed by atoms with E-state index in [1.807, 2.05) is 18.5 Å². The standard InChI is InChI=1S/C11H15N3/c1-2-10(6-12-4-1)14-8-9-3-5-13-7-11(9)14/h1-2,4,6,9,11,13H,3,5,7-8H2/t9-,11-/m0/s1. The van der Waals surface area contributed by atoms with E-state index in [0.717, 1.165) is 12.5 Å². The molecule has 0 saturated carbocycles. The monoisotopic (exact) mass is 189 g/mol. The van der Waals surface area contributed by atoms with E-state index in [2.05, 4.69) is 21.3 Å². The van der Waals surface area contributed by atoms with Gasteiger partial charge in [-0.25, -0.2) is 0 Å². The molecule has 74 valence electrons. The Morgan fingerprint density at radius 2 is 2.50 bits per heavy atom. The summed E-state index contributed by atoms with van der Waals surface area (Å²) in [6.45, 7) is 3.56. The number of piperidine rings is 1. The van der Waals surface area contributed by atoms with Gasteiger partial charge < -0.3 is 10.2 Å². The average Bonchev–Trinajstić information content (AvgIpc) is 2.22. The lowest BCUT2D eigenvalue weighted by molar-refractivity contribution is 0.229. The van der Waals surface area contributed by atoms with Crippen LogP contribution in [0.15, 0.2) is 24.5 Å². The van der Waals surface area contributed by atoms with E-state index in [-0.39, 0.29) is 0 Å². The molecule has 14 heavy (non-hydrogen) atoms. The Hall–Kier alpha value is -1.09. The molecule has 0 aliphatic carbocycles. The molecule has 2 aliphatic rings. The highest BCUT2D eigenvalue weighted by atomic mass is 15.3. The maximum atomic E-state index is 4.16. The molecule has 1 N–H and O–H groups in total. The fourth-order valence-electron chi connectivity index (χ4n) is 2.54. The molecule has 0 unspecified atom stereocenters. The molecule has 3 nitrogen and oxygen atoms in total. The van der Waals surface area contributed by atoms with Crippen molar-refractivity contribution in [1.29, 1.82) is 0 Å². The van der Waals surface area contributed by atoms with E-state index in [0.29, 0.717) is 6.04 Å². The van der Waals surface area contributed by atoms with Crippen molar-refractivity contribution in [1.82, 2.24) is 10.3 Å². The molecule has 0 amide bonds. The van der Waals surface area contributed by atoms with Gasteiger partial charge in [0.05, 0.1) is 11.9 Å². The summed E-state index contributed by atoms with van der Waals surface area (Å²) in [5.74, 6) is 0.913. The molecule has 2 aliphatic heterocycles. The maximum absolute atomic E-state index is 4.16. The van der Waals surface area contributed by atoms with Gasteiger partial charge in [0.1, 0.15) is 0 Å². The van der Waals surface area contributed by atoms with Crippen LogP contribution in [0.1, 0.15) is 6.42 Å². The van der Waals surface area contributed by atoms with Gasteiger partial charge in [-0.05, 0) is 31.0 Å². The van der Waals surface area contributed by atoms with Gasteiger partial charge in [-0.3, -0.25) is 4.98 Å². The Kier molecular flexibility index (Phi) is 1.91. The van der Waals surface area contributed by atoms with Crippen molar-refractivity contribution in [3.8, 4) is 0 Å². The third-order valence-electron chi connectivity index (χ3n) is 3.40. The number of hydrogen-bond acceptors (Lipinski definition) is 3. The summed E-state index contributed by atoms with van der Waals surface area (Å²) in [6, 6.07) is 4.88. The first-order valence-corrected chi connectivity index (χ1v) is 5.32. The Bertz CT molecular complexity index is 312. The minimum atomic E-state index is 0.716. The molecule has 0 aromatic carbocycles. The highest BCUT2D eigenvalue weighted by Crippen LogP contribution is 2.33. The van der Waals surface area contributed by atoms with Gasteiger partial charge in [-0.15, -0.1) is 0 Å². The van der Waals surface area contributed by atoms with Gasteiger partial charge in [0, 0.05) is 25.3 Å². The number of nitrogens with one attached hydrogen (secondary N) is 1. The van der Waals surface area contributed by atoms with Crippen LogP contribution in [0.2, 0.25) is 0 Å². The summed E-state index contributed by atoms with van der Waals surface area (Å²) in [5, 5.41) is 3.45. The van der Waals surface area contributed by atoms with Crippen LogP contribution in [0.3, 0.4) is 0 Å². The quantitative estimate of drug-likeness (QED) is 0.711. The summed E-state index contributed by atoms with van der Waals surface area (Å²) in [5.41, 5.74) is 1.28. The fourth-order valence-corrected chi connectivity index (χ4v) is 2.54. The Labute approximate surface area is 84.1 Å². The van der Waals surface area contributed by atoms with Gasteiger partial charge in [0.15, 0.2) is 0 Å². The molecule has 3 heterocycles. The van der Waals surface area contributed by atoms with Crippen molar-refractivity contribution in [3.63, 3.8) is 0 Å². The van der Waals surface area contributed by atoms with E-state index >= 15 is 0 Å². The van der Waals surface area contributed by atoms with Gasteiger partial charge in [0.25, 0.3) is 0 Å². The molecule has 2 atom stereocenters. The molecule has 0 spiro atoms. The molecule has 3 rings (SSSR count). The number of hydrogen-bond donors (Lipinski definition) is 1. The first-order valence-electron chi connectivity index (χ1n) is 5.32. The van der Waals surface area contributed by atoms with Crippen molar-refractivity contribution in [2.24, 2.45) is 5.92 Å². The minimum Gasteiger partial charge on any atom is -0.365 e. The molecule has 2 fully saturated rings. The van der Waals surface area contributed by atoms with Gasteiger partial charge in [-0.2, -0.15) is 0 Å². The van der Waals surface area contributed by atoms with Gasteiger partial charge in [0.2, 0.25) is 0 Å². The molecule has 3 heteroatoms. The van der Waals surface area contributed by atoms with Crippen LogP contribution < -0.4 is 10.2 Å². The predicted molar refractivity (Wildman–Crippen MR) is 56.3 cm³/mol. The number of fused-ring (bicyclic) bond motifs is 1. The van der Waals surface area contributed by atoms with Crippen LogP contribution in [0.4, 0.5) is 5.69 Å². The second-order valence-corrected chi connectivity index (χ2v) is 4.18. The smallest absolute Gasteiger partial charge is 0.0555 e. The van der Waals surface area contributed by atoms with Crippen LogP contribution in [0.25, 0.3) is 0 Å². The van der Waals surface area contributed by atoms with Crippen molar-refractivity contribution < 1.29 is 0 Å². The van der Waals surface area contributed by atoms with Gasteiger partial charge >= 0.3 is 0 Å². The predicted octanol–water partition coefficient (Wildman–Crippen LogP) is 0.880. The lowest BCUT2D eigenvalue weighted by atomic mass is 9.83. The highest BCUT2D eigenvalue weighted by Gasteiger charge is 2.40. The third-order valence-corrected chi connectivity index (χ3v) is 3.40. The van der Waals surface area contributed by atoms with E-state index in [4.69, 9.17) is 0 Å². The first-order chi connectivity index (χ1) is 6.95. The number of aromatic nitrogens is 1. The number of nitrogens with zero attached hydrogens (tertiary/aromatic N) is 2. The van der Waals surface area contributed by atoms with E-state index in [1.165, 1.54) is 25.2 Å². The molecule has 0 radical (unpaired) electrons. The van der Waals surface area contributed by atoms with Crippen LogP contribution in [0, 0.1) is 5.92 Å². The first kappa shape index (κ1) is 8.24. The molecular formula is C11H15N3. The van der Waals surface area contributed by atoms with Crippen LogP contribution in [-0.2, 0) is 0 Å². The molecule has 1 aromatic rings. The fraction of sp³-hybridized carbons (Fsp3) is 0.545. The lowest BCUT2D eigenvalue weighted by Crippen LogP contribution is -2.63. The zero-order valence-electron chi connectivity index (χ0n) is 8.19. The zero-order valence-corrected chi connectivity index (χ0v) is 8.19. The largest absolute Gasteiger partial charge is 0.365 e. The molecule has 1 aromatic heterocycles. The Balaban J connectivity index is 1.76. The highest BCUT2D eigenvalue weighted by molar-refractivity contribution is 5.48. The molecule has 0 bridgehead atoms. The molecule has 2 saturated heterocycles. The van der Waals surface area contributed by atoms with Crippen molar-refractivity contribution >= 4 is 5.69 Å². The average molecular weight is 189 g/mol. The van der Waals surface area contributed by atoms with Crippen LogP contribution in [-0.4, -0.2) is 30.7 Å². The maximum Gasteiger partial charge on any atom is 0.0555 e. The Morgan fingerprint density at radius 3 is 3.29 bits per heavy atom. The zero-order chi connectivity index (χ0) is 9.38.